The summed E-state index contributed by atoms with van der Waals surface area (Å²) in [6, 6.07) is 16.8. The summed E-state index contributed by atoms with van der Waals surface area (Å²) in [6.45, 7) is 4.25. The minimum Gasteiger partial charge on any atom is -0.369 e. The predicted molar refractivity (Wildman–Crippen MR) is 112 cm³/mol. The SMILES string of the molecule is NS(=O)(=O)c1ccc(N2CCN(Cc3cc4ccccc4nc3Cl)CC2)cc1. The lowest BCUT2D eigenvalue weighted by Gasteiger charge is -2.36. The van der Waals surface area contributed by atoms with Crippen LogP contribution in [0.15, 0.2) is 59.5 Å². The van der Waals surface area contributed by atoms with Gasteiger partial charge in [0.1, 0.15) is 5.15 Å². The molecule has 1 aliphatic heterocycles. The number of benzene rings is 2. The Bertz CT molecular complexity index is 1090. The van der Waals surface area contributed by atoms with Crippen LogP contribution in [0.3, 0.4) is 0 Å². The number of primary sulfonamides is 1. The Hall–Kier alpha value is -2.19. The fourth-order valence-corrected chi connectivity index (χ4v) is 4.22. The molecule has 0 spiro atoms. The maximum Gasteiger partial charge on any atom is 0.238 e. The maximum absolute atomic E-state index is 11.4. The van der Waals surface area contributed by atoms with Crippen molar-refractivity contribution >= 4 is 38.2 Å². The Labute approximate surface area is 169 Å². The Morgan fingerprint density at radius 1 is 1.00 bits per heavy atom. The van der Waals surface area contributed by atoms with Gasteiger partial charge in [-0.3, -0.25) is 4.90 Å². The van der Waals surface area contributed by atoms with E-state index in [1.54, 1.807) is 24.3 Å². The molecule has 0 aliphatic carbocycles. The van der Waals surface area contributed by atoms with Crippen LogP contribution in [0.25, 0.3) is 10.9 Å². The molecule has 4 rings (SSSR count). The summed E-state index contributed by atoms with van der Waals surface area (Å²) in [6.07, 6.45) is 0. The molecule has 1 saturated heterocycles. The molecule has 2 N–H and O–H groups in total. The predicted octanol–water partition coefficient (Wildman–Crippen LogP) is 2.86. The van der Waals surface area contributed by atoms with E-state index in [0.717, 1.165) is 54.9 Å². The van der Waals surface area contributed by atoms with Gasteiger partial charge >= 0.3 is 0 Å². The third-order valence-electron chi connectivity index (χ3n) is 5.05. The summed E-state index contributed by atoms with van der Waals surface area (Å²) >= 11 is 6.39. The van der Waals surface area contributed by atoms with Gasteiger partial charge in [0.25, 0.3) is 0 Å². The maximum atomic E-state index is 11.4. The topological polar surface area (TPSA) is 79.5 Å². The van der Waals surface area contributed by atoms with E-state index >= 15 is 0 Å². The minimum absolute atomic E-state index is 0.133. The minimum atomic E-state index is -3.66. The molecule has 0 atom stereocenters. The summed E-state index contributed by atoms with van der Waals surface area (Å²) < 4.78 is 22.8. The molecule has 0 saturated carbocycles. The third-order valence-corrected chi connectivity index (χ3v) is 6.30. The number of rotatable bonds is 4. The molecule has 1 aromatic heterocycles. The number of piperazine rings is 1. The second kappa shape index (κ2) is 7.67. The van der Waals surface area contributed by atoms with Crippen molar-refractivity contribution in [1.29, 1.82) is 0 Å². The number of aromatic nitrogens is 1. The molecule has 1 fully saturated rings. The summed E-state index contributed by atoms with van der Waals surface area (Å²) in [7, 11) is -3.66. The van der Waals surface area contributed by atoms with E-state index in [4.69, 9.17) is 16.7 Å². The zero-order valence-electron chi connectivity index (χ0n) is 15.3. The lowest BCUT2D eigenvalue weighted by molar-refractivity contribution is 0.250. The smallest absolute Gasteiger partial charge is 0.238 e. The first-order chi connectivity index (χ1) is 13.4. The molecule has 0 radical (unpaired) electrons. The van der Waals surface area contributed by atoms with Crippen molar-refractivity contribution in [3.05, 3.63) is 65.3 Å². The van der Waals surface area contributed by atoms with Crippen molar-refractivity contribution < 1.29 is 8.42 Å². The monoisotopic (exact) mass is 416 g/mol. The van der Waals surface area contributed by atoms with Gasteiger partial charge in [0.15, 0.2) is 0 Å². The van der Waals surface area contributed by atoms with E-state index in [2.05, 4.69) is 20.9 Å². The number of halogens is 1. The number of fused-ring (bicyclic) bond motifs is 1. The number of anilines is 1. The van der Waals surface area contributed by atoms with Crippen LogP contribution in [0.5, 0.6) is 0 Å². The van der Waals surface area contributed by atoms with Gasteiger partial charge < -0.3 is 4.90 Å². The lowest BCUT2D eigenvalue weighted by Crippen LogP contribution is -2.46. The highest BCUT2D eigenvalue weighted by Gasteiger charge is 2.19. The Morgan fingerprint density at radius 3 is 2.36 bits per heavy atom. The van der Waals surface area contributed by atoms with Crippen LogP contribution in [0.1, 0.15) is 5.56 Å². The van der Waals surface area contributed by atoms with Crippen molar-refractivity contribution in [3.8, 4) is 0 Å². The number of para-hydroxylation sites is 1. The quantitative estimate of drug-likeness (QED) is 0.661. The standard InChI is InChI=1S/C20H21ClN4O2S/c21-20-16(13-15-3-1-2-4-19(15)23-20)14-24-9-11-25(12-10-24)17-5-7-18(8-6-17)28(22,26)27/h1-8,13H,9-12,14H2,(H2,22,26,27). The van der Waals surface area contributed by atoms with Crippen LogP contribution in [0.2, 0.25) is 5.15 Å². The number of nitrogens with zero attached hydrogens (tertiary/aromatic N) is 3. The van der Waals surface area contributed by atoms with Gasteiger partial charge in [-0.05, 0) is 36.4 Å². The van der Waals surface area contributed by atoms with Crippen LogP contribution in [-0.4, -0.2) is 44.5 Å². The number of pyridine rings is 1. The molecular weight excluding hydrogens is 396 g/mol. The fourth-order valence-electron chi connectivity index (χ4n) is 3.50. The van der Waals surface area contributed by atoms with E-state index in [1.165, 1.54) is 0 Å². The van der Waals surface area contributed by atoms with Crippen LogP contribution in [-0.2, 0) is 16.6 Å². The van der Waals surface area contributed by atoms with E-state index in [0.29, 0.717) is 5.15 Å². The summed E-state index contributed by atoms with van der Waals surface area (Å²) in [5.41, 5.74) is 2.94. The van der Waals surface area contributed by atoms with Crippen molar-refractivity contribution in [2.45, 2.75) is 11.4 Å². The molecule has 2 heterocycles. The Morgan fingerprint density at radius 2 is 1.68 bits per heavy atom. The first-order valence-electron chi connectivity index (χ1n) is 9.04. The number of hydrogen-bond acceptors (Lipinski definition) is 5. The van der Waals surface area contributed by atoms with Crippen molar-refractivity contribution in [3.63, 3.8) is 0 Å². The van der Waals surface area contributed by atoms with Gasteiger partial charge in [-0.2, -0.15) is 0 Å². The molecule has 2 aromatic carbocycles. The second-order valence-electron chi connectivity index (χ2n) is 6.93. The molecule has 0 amide bonds. The molecule has 28 heavy (non-hydrogen) atoms. The van der Waals surface area contributed by atoms with Crippen molar-refractivity contribution in [1.82, 2.24) is 9.88 Å². The van der Waals surface area contributed by atoms with Gasteiger partial charge in [0, 0.05) is 49.4 Å². The van der Waals surface area contributed by atoms with Gasteiger partial charge in [0.05, 0.1) is 10.4 Å². The van der Waals surface area contributed by atoms with E-state index in [1.807, 2.05) is 24.3 Å². The molecule has 1 aliphatic rings. The molecule has 0 unspecified atom stereocenters. The molecule has 8 heteroatoms. The van der Waals surface area contributed by atoms with Crippen LogP contribution >= 0.6 is 11.6 Å². The molecule has 3 aromatic rings. The number of sulfonamides is 1. The molecule has 146 valence electrons. The average Bonchev–Trinajstić information content (AvgIpc) is 2.69. The highest BCUT2D eigenvalue weighted by molar-refractivity contribution is 7.89. The second-order valence-corrected chi connectivity index (χ2v) is 8.85. The van der Waals surface area contributed by atoms with Crippen molar-refractivity contribution in [2.75, 3.05) is 31.1 Å². The lowest BCUT2D eigenvalue weighted by atomic mass is 10.1. The highest BCUT2D eigenvalue weighted by Crippen LogP contribution is 2.23. The third kappa shape index (κ3) is 4.12. The molecular formula is C20H21ClN4O2S. The van der Waals surface area contributed by atoms with Crippen LogP contribution in [0.4, 0.5) is 5.69 Å². The van der Waals surface area contributed by atoms with E-state index < -0.39 is 10.0 Å². The van der Waals surface area contributed by atoms with Gasteiger partial charge in [-0.15, -0.1) is 0 Å². The van der Waals surface area contributed by atoms with Crippen molar-refractivity contribution in [2.24, 2.45) is 5.14 Å². The fraction of sp³-hybridized carbons (Fsp3) is 0.250. The average molecular weight is 417 g/mol. The molecule has 0 bridgehead atoms. The zero-order valence-corrected chi connectivity index (χ0v) is 16.8. The van der Waals surface area contributed by atoms with Gasteiger partial charge in [-0.25, -0.2) is 18.5 Å². The Kier molecular flexibility index (Phi) is 5.25. The van der Waals surface area contributed by atoms with Crippen LogP contribution < -0.4 is 10.0 Å². The number of nitrogens with two attached hydrogens (primary N) is 1. The molecule has 6 nitrogen and oxygen atoms in total. The first kappa shape index (κ1) is 19.1. The normalized spacial score (nSPS) is 15.9. The Balaban J connectivity index is 1.41. The summed E-state index contributed by atoms with van der Waals surface area (Å²) in [5.74, 6) is 0. The van der Waals surface area contributed by atoms with Gasteiger partial charge in [0.2, 0.25) is 10.0 Å². The highest BCUT2D eigenvalue weighted by atomic mass is 35.5. The first-order valence-corrected chi connectivity index (χ1v) is 11.0. The summed E-state index contributed by atoms with van der Waals surface area (Å²) in [4.78, 5) is 9.23. The largest absolute Gasteiger partial charge is 0.369 e. The zero-order chi connectivity index (χ0) is 19.7. The van der Waals surface area contributed by atoms with Gasteiger partial charge in [-0.1, -0.05) is 29.8 Å². The van der Waals surface area contributed by atoms with E-state index in [-0.39, 0.29) is 4.90 Å². The van der Waals surface area contributed by atoms with E-state index in [9.17, 15) is 8.42 Å². The number of hydrogen-bond donors (Lipinski definition) is 1. The van der Waals surface area contributed by atoms with Crippen LogP contribution in [0, 0.1) is 0 Å². The summed E-state index contributed by atoms with van der Waals surface area (Å²) in [5, 5.41) is 6.81.